The zero-order valence-corrected chi connectivity index (χ0v) is 17.5. The molecule has 4 rings (SSSR count). The van der Waals surface area contributed by atoms with Crippen molar-refractivity contribution >= 4 is 32.4 Å². The van der Waals surface area contributed by atoms with Gasteiger partial charge in [0.15, 0.2) is 10.9 Å². The number of benzene rings is 1. The first-order chi connectivity index (χ1) is 13.9. The number of amides is 1. The molecule has 152 valence electrons. The molecule has 0 aliphatic carbocycles. The Kier molecular flexibility index (Phi) is 5.15. The SMILES string of the molecule is COc1ccc(S(=O)(=O)N2CCc3nc(NC(=O)c4ccco4)sc3C2)cc1C. The number of aromatic nitrogens is 1. The largest absolute Gasteiger partial charge is 0.496 e. The van der Waals surface area contributed by atoms with Crippen LogP contribution >= 0.6 is 11.3 Å². The van der Waals surface area contributed by atoms with Gasteiger partial charge in [0, 0.05) is 17.8 Å². The lowest BCUT2D eigenvalue weighted by Crippen LogP contribution is -2.35. The molecule has 1 N–H and O–H groups in total. The third-order valence-corrected chi connectivity index (χ3v) is 7.50. The van der Waals surface area contributed by atoms with Crippen LogP contribution in [0.15, 0.2) is 45.9 Å². The maximum atomic E-state index is 13.1. The van der Waals surface area contributed by atoms with Crippen LogP contribution in [0, 0.1) is 6.92 Å². The normalized spacial score (nSPS) is 14.4. The number of fused-ring (bicyclic) bond motifs is 1. The van der Waals surface area contributed by atoms with Crippen molar-refractivity contribution in [3.8, 4) is 5.75 Å². The Bertz CT molecular complexity index is 1150. The van der Waals surface area contributed by atoms with Crippen LogP contribution in [-0.4, -0.2) is 37.3 Å². The van der Waals surface area contributed by atoms with E-state index in [2.05, 4.69) is 10.3 Å². The maximum absolute atomic E-state index is 13.1. The monoisotopic (exact) mass is 433 g/mol. The molecule has 0 bridgehead atoms. The number of hydrogen-bond donors (Lipinski definition) is 1. The number of anilines is 1. The van der Waals surface area contributed by atoms with Gasteiger partial charge in [-0.05, 0) is 42.8 Å². The van der Waals surface area contributed by atoms with Gasteiger partial charge in [0.05, 0.1) is 30.5 Å². The Morgan fingerprint density at radius 3 is 2.86 bits per heavy atom. The molecule has 0 unspecified atom stereocenters. The van der Waals surface area contributed by atoms with Gasteiger partial charge < -0.3 is 9.15 Å². The fourth-order valence-electron chi connectivity index (χ4n) is 3.16. The van der Waals surface area contributed by atoms with Gasteiger partial charge in [-0.15, -0.1) is 11.3 Å². The fourth-order valence-corrected chi connectivity index (χ4v) is 5.75. The van der Waals surface area contributed by atoms with Gasteiger partial charge in [0.1, 0.15) is 5.75 Å². The number of thiazole rings is 1. The quantitative estimate of drug-likeness (QED) is 0.664. The van der Waals surface area contributed by atoms with Gasteiger partial charge in [-0.25, -0.2) is 13.4 Å². The van der Waals surface area contributed by atoms with Crippen LogP contribution in [-0.2, 0) is 23.0 Å². The number of furan rings is 1. The summed E-state index contributed by atoms with van der Waals surface area (Å²) in [5.74, 6) is 0.445. The van der Waals surface area contributed by atoms with E-state index in [9.17, 15) is 13.2 Å². The van der Waals surface area contributed by atoms with Crippen LogP contribution in [0.5, 0.6) is 5.75 Å². The summed E-state index contributed by atoms with van der Waals surface area (Å²) in [6.45, 7) is 2.36. The standard InChI is InChI=1S/C19H19N3O5S2/c1-12-10-13(5-6-15(12)26-2)29(24,25)22-8-7-14-17(11-22)28-19(20-14)21-18(23)16-4-3-9-27-16/h3-6,9-10H,7-8,11H2,1-2H3,(H,20,21,23). The van der Waals surface area contributed by atoms with E-state index < -0.39 is 10.0 Å². The molecule has 8 nitrogen and oxygen atoms in total. The van der Waals surface area contributed by atoms with Gasteiger partial charge >= 0.3 is 0 Å². The molecule has 1 aliphatic heterocycles. The van der Waals surface area contributed by atoms with Crippen LogP contribution in [0.4, 0.5) is 5.13 Å². The van der Waals surface area contributed by atoms with Gasteiger partial charge in [0.2, 0.25) is 10.0 Å². The van der Waals surface area contributed by atoms with E-state index in [0.29, 0.717) is 23.8 Å². The molecule has 10 heteroatoms. The van der Waals surface area contributed by atoms with Crippen molar-refractivity contribution in [2.45, 2.75) is 24.8 Å². The molecule has 2 aromatic heterocycles. The number of aryl methyl sites for hydroxylation is 1. The fraction of sp³-hybridized carbons (Fsp3) is 0.263. The number of methoxy groups -OCH3 is 1. The lowest BCUT2D eigenvalue weighted by molar-refractivity contribution is 0.0996. The summed E-state index contributed by atoms with van der Waals surface area (Å²) in [6.07, 6.45) is 1.90. The summed E-state index contributed by atoms with van der Waals surface area (Å²) in [6, 6.07) is 8.02. The molecule has 3 aromatic rings. The lowest BCUT2D eigenvalue weighted by Gasteiger charge is -2.25. The molecule has 0 spiro atoms. The summed E-state index contributed by atoms with van der Waals surface area (Å²) in [5.41, 5.74) is 1.56. The first kappa shape index (κ1) is 19.6. The van der Waals surface area contributed by atoms with Crippen molar-refractivity contribution in [2.75, 3.05) is 19.0 Å². The minimum Gasteiger partial charge on any atom is -0.496 e. The van der Waals surface area contributed by atoms with E-state index in [1.165, 1.54) is 21.9 Å². The van der Waals surface area contributed by atoms with Crippen molar-refractivity contribution in [1.29, 1.82) is 0 Å². The summed E-state index contributed by atoms with van der Waals surface area (Å²) in [5, 5.41) is 3.13. The average Bonchev–Trinajstić information content (AvgIpc) is 3.36. The molecule has 1 amide bonds. The topological polar surface area (TPSA) is 102 Å². The van der Waals surface area contributed by atoms with Gasteiger partial charge in [-0.2, -0.15) is 4.31 Å². The molecule has 0 saturated carbocycles. The van der Waals surface area contributed by atoms with E-state index >= 15 is 0 Å². The van der Waals surface area contributed by atoms with Crippen molar-refractivity contribution in [2.24, 2.45) is 0 Å². The minimum atomic E-state index is -3.65. The number of sulfonamides is 1. The second-order valence-corrected chi connectivity index (χ2v) is 9.56. The summed E-state index contributed by atoms with van der Waals surface area (Å²) >= 11 is 1.27. The Labute approximate surface area is 172 Å². The maximum Gasteiger partial charge on any atom is 0.293 e. The highest BCUT2D eigenvalue weighted by atomic mass is 32.2. The Balaban J connectivity index is 1.53. The van der Waals surface area contributed by atoms with E-state index in [-0.39, 0.29) is 23.1 Å². The number of nitrogens with zero attached hydrogens (tertiary/aromatic N) is 2. The van der Waals surface area contributed by atoms with Crippen molar-refractivity contribution in [3.05, 3.63) is 58.5 Å². The highest BCUT2D eigenvalue weighted by Crippen LogP contribution is 2.32. The van der Waals surface area contributed by atoms with E-state index in [0.717, 1.165) is 16.1 Å². The number of rotatable bonds is 5. The number of hydrogen-bond acceptors (Lipinski definition) is 7. The smallest absolute Gasteiger partial charge is 0.293 e. The van der Waals surface area contributed by atoms with Crippen LogP contribution in [0.1, 0.15) is 26.7 Å². The molecular weight excluding hydrogens is 414 g/mol. The van der Waals surface area contributed by atoms with Crippen molar-refractivity contribution in [1.82, 2.24) is 9.29 Å². The molecule has 0 saturated heterocycles. The number of carbonyl (C=O) groups excluding carboxylic acids is 1. The zero-order chi connectivity index (χ0) is 20.6. The van der Waals surface area contributed by atoms with E-state index in [4.69, 9.17) is 9.15 Å². The molecule has 3 heterocycles. The van der Waals surface area contributed by atoms with E-state index in [1.54, 1.807) is 37.4 Å². The van der Waals surface area contributed by atoms with Crippen LogP contribution < -0.4 is 10.1 Å². The Hall–Kier alpha value is -2.69. The van der Waals surface area contributed by atoms with Gasteiger partial charge in [-0.1, -0.05) is 0 Å². The van der Waals surface area contributed by atoms with Crippen LogP contribution in [0.25, 0.3) is 0 Å². The third kappa shape index (κ3) is 3.78. The van der Waals surface area contributed by atoms with Crippen molar-refractivity contribution in [3.63, 3.8) is 0 Å². The summed E-state index contributed by atoms with van der Waals surface area (Å²) in [7, 11) is -2.10. The lowest BCUT2D eigenvalue weighted by atomic mass is 10.2. The van der Waals surface area contributed by atoms with E-state index in [1.807, 2.05) is 6.92 Å². The van der Waals surface area contributed by atoms with Crippen molar-refractivity contribution < 1.29 is 22.4 Å². The molecule has 0 atom stereocenters. The summed E-state index contributed by atoms with van der Waals surface area (Å²) in [4.78, 5) is 17.6. The molecule has 0 fully saturated rings. The summed E-state index contributed by atoms with van der Waals surface area (Å²) < 4.78 is 37.9. The molecule has 0 radical (unpaired) electrons. The molecular formula is C19H19N3O5S2. The first-order valence-electron chi connectivity index (χ1n) is 8.86. The molecule has 1 aliphatic rings. The highest BCUT2D eigenvalue weighted by molar-refractivity contribution is 7.89. The first-order valence-corrected chi connectivity index (χ1v) is 11.1. The minimum absolute atomic E-state index is 0.192. The third-order valence-electron chi connectivity index (χ3n) is 4.67. The predicted octanol–water partition coefficient (Wildman–Crippen LogP) is 3.05. The predicted molar refractivity (Wildman–Crippen MR) is 108 cm³/mol. The number of nitrogens with one attached hydrogen (secondary N) is 1. The Morgan fingerprint density at radius 1 is 1.34 bits per heavy atom. The number of carbonyl (C=O) groups is 1. The molecule has 29 heavy (non-hydrogen) atoms. The van der Waals surface area contributed by atoms with Gasteiger partial charge in [0.25, 0.3) is 5.91 Å². The molecule has 1 aromatic carbocycles. The zero-order valence-electron chi connectivity index (χ0n) is 15.8. The van der Waals surface area contributed by atoms with Gasteiger partial charge in [-0.3, -0.25) is 10.1 Å². The second kappa shape index (κ2) is 7.62. The highest BCUT2D eigenvalue weighted by Gasteiger charge is 2.31. The average molecular weight is 434 g/mol. The number of ether oxygens (including phenoxy) is 1. The van der Waals surface area contributed by atoms with Crippen LogP contribution in [0.2, 0.25) is 0 Å². The van der Waals surface area contributed by atoms with Crippen LogP contribution in [0.3, 0.4) is 0 Å². The Morgan fingerprint density at radius 2 is 2.17 bits per heavy atom. The second-order valence-electron chi connectivity index (χ2n) is 6.54.